The van der Waals surface area contributed by atoms with E-state index in [1.807, 2.05) is 6.08 Å². The van der Waals surface area contributed by atoms with Gasteiger partial charge in [0.1, 0.15) is 0 Å². The van der Waals surface area contributed by atoms with E-state index in [1.54, 1.807) is 0 Å². The van der Waals surface area contributed by atoms with Crippen LogP contribution in [0.2, 0.25) is 0 Å². The van der Waals surface area contributed by atoms with Gasteiger partial charge >= 0.3 is 0 Å². The second-order valence-corrected chi connectivity index (χ2v) is 4.16. The molecule has 0 heterocycles. The first-order valence-electron chi connectivity index (χ1n) is 6.60. The Morgan fingerprint density at radius 3 is 2.13 bits per heavy atom. The van der Waals surface area contributed by atoms with E-state index in [0.29, 0.717) is 0 Å². The van der Waals surface area contributed by atoms with Crippen LogP contribution in [0, 0.1) is 0 Å². The molecule has 0 aromatic heterocycles. The first-order chi connectivity index (χ1) is 7.41. The molecule has 1 heteroatoms. The third kappa shape index (κ3) is 13.7. The lowest BCUT2D eigenvalue weighted by Gasteiger charge is -2.03. The Bertz CT molecular complexity index is 121. The predicted molar refractivity (Wildman–Crippen MR) is 68.2 cm³/mol. The molecule has 0 aliphatic rings. The van der Waals surface area contributed by atoms with Gasteiger partial charge in [0.25, 0.3) is 0 Å². The van der Waals surface area contributed by atoms with Gasteiger partial charge in [0.15, 0.2) is 0 Å². The lowest BCUT2D eigenvalue weighted by atomic mass is 10.1. The molecule has 0 spiro atoms. The summed E-state index contributed by atoms with van der Waals surface area (Å²) in [7, 11) is 0. The van der Waals surface area contributed by atoms with Crippen LogP contribution in [0.5, 0.6) is 0 Å². The van der Waals surface area contributed by atoms with Gasteiger partial charge in [-0.1, -0.05) is 51.5 Å². The van der Waals surface area contributed by atoms with Gasteiger partial charge in [-0.2, -0.15) is 0 Å². The smallest absolute Gasteiger partial charge is 0.0468 e. The molecule has 0 radical (unpaired) electrons. The fourth-order valence-electron chi connectivity index (χ4n) is 1.59. The lowest BCUT2D eigenvalue weighted by molar-refractivity contribution is 0.128. The minimum absolute atomic E-state index is 0.905. The fourth-order valence-corrected chi connectivity index (χ4v) is 1.59. The van der Waals surface area contributed by atoms with E-state index in [-0.39, 0.29) is 0 Å². The number of hydrogen-bond acceptors (Lipinski definition) is 1. The van der Waals surface area contributed by atoms with Crippen molar-refractivity contribution in [1.29, 1.82) is 0 Å². The summed E-state index contributed by atoms with van der Waals surface area (Å²) in [5.41, 5.74) is 0. The Hall–Kier alpha value is -0.300. The van der Waals surface area contributed by atoms with Gasteiger partial charge in [-0.15, -0.1) is 6.58 Å². The molecule has 0 aliphatic carbocycles. The zero-order chi connectivity index (χ0) is 11.2. The average Bonchev–Trinajstić information content (AvgIpc) is 2.26. The normalized spacial score (nSPS) is 10.5. The molecule has 0 saturated heterocycles. The molecule has 0 aromatic carbocycles. The molecule has 90 valence electrons. The van der Waals surface area contributed by atoms with E-state index in [2.05, 4.69) is 13.5 Å². The zero-order valence-corrected chi connectivity index (χ0v) is 10.5. The van der Waals surface area contributed by atoms with E-state index < -0.39 is 0 Å². The maximum absolute atomic E-state index is 5.52. The second kappa shape index (κ2) is 13.7. The van der Waals surface area contributed by atoms with Crippen LogP contribution in [0.25, 0.3) is 0 Å². The molecule has 0 fully saturated rings. The topological polar surface area (TPSA) is 9.23 Å². The Morgan fingerprint density at radius 1 is 0.867 bits per heavy atom. The summed E-state index contributed by atoms with van der Waals surface area (Å²) < 4.78 is 5.52. The highest BCUT2D eigenvalue weighted by Gasteiger charge is 1.91. The molecule has 0 rings (SSSR count). The molecule has 1 nitrogen and oxygen atoms in total. The predicted octanol–water partition coefficient (Wildman–Crippen LogP) is 4.72. The number of rotatable bonds is 12. The van der Waals surface area contributed by atoms with Crippen LogP contribution in [0.4, 0.5) is 0 Å². The molecular formula is C14H28O. The van der Waals surface area contributed by atoms with E-state index in [4.69, 9.17) is 4.74 Å². The van der Waals surface area contributed by atoms with E-state index in [1.165, 1.54) is 44.9 Å². The second-order valence-electron chi connectivity index (χ2n) is 4.16. The minimum atomic E-state index is 0.905. The Morgan fingerprint density at radius 2 is 1.47 bits per heavy atom. The van der Waals surface area contributed by atoms with Gasteiger partial charge in [-0.25, -0.2) is 0 Å². The van der Waals surface area contributed by atoms with Crippen molar-refractivity contribution in [2.24, 2.45) is 0 Å². The summed E-state index contributed by atoms with van der Waals surface area (Å²) in [4.78, 5) is 0. The Balaban J connectivity index is 2.83. The van der Waals surface area contributed by atoms with Crippen LogP contribution in [-0.4, -0.2) is 13.2 Å². The summed E-state index contributed by atoms with van der Waals surface area (Å²) in [6, 6.07) is 0. The number of allylic oxidation sites excluding steroid dienone is 1. The number of ether oxygens (including phenoxy) is 1. The van der Waals surface area contributed by atoms with E-state index >= 15 is 0 Å². The zero-order valence-electron chi connectivity index (χ0n) is 10.5. The summed E-state index contributed by atoms with van der Waals surface area (Å²) in [6.07, 6.45) is 13.7. The van der Waals surface area contributed by atoms with E-state index in [0.717, 1.165) is 26.1 Å². The molecule has 0 bridgehead atoms. The first kappa shape index (κ1) is 14.7. The van der Waals surface area contributed by atoms with Crippen molar-refractivity contribution in [3.63, 3.8) is 0 Å². The molecule has 0 aromatic rings. The van der Waals surface area contributed by atoms with E-state index in [9.17, 15) is 0 Å². The van der Waals surface area contributed by atoms with Gasteiger partial charge < -0.3 is 4.74 Å². The molecule has 0 atom stereocenters. The van der Waals surface area contributed by atoms with Crippen molar-refractivity contribution in [3.8, 4) is 0 Å². The quantitative estimate of drug-likeness (QED) is 0.336. The van der Waals surface area contributed by atoms with Gasteiger partial charge in [-0.3, -0.25) is 0 Å². The average molecular weight is 212 g/mol. The highest BCUT2D eigenvalue weighted by Crippen LogP contribution is 2.06. The van der Waals surface area contributed by atoms with Crippen LogP contribution in [0.3, 0.4) is 0 Å². The number of unbranched alkanes of at least 4 members (excludes halogenated alkanes) is 7. The maximum Gasteiger partial charge on any atom is 0.0468 e. The molecular weight excluding hydrogens is 184 g/mol. The van der Waals surface area contributed by atoms with Gasteiger partial charge in [0.2, 0.25) is 0 Å². The van der Waals surface area contributed by atoms with Crippen LogP contribution < -0.4 is 0 Å². The van der Waals surface area contributed by atoms with Crippen molar-refractivity contribution in [1.82, 2.24) is 0 Å². The fraction of sp³-hybridized carbons (Fsp3) is 0.857. The molecule has 0 N–H and O–H groups in total. The SMILES string of the molecule is C=CCCCOCCCCCCCCC. The summed E-state index contributed by atoms with van der Waals surface area (Å²) in [5, 5.41) is 0. The molecule has 0 saturated carbocycles. The monoisotopic (exact) mass is 212 g/mol. The van der Waals surface area contributed by atoms with Gasteiger partial charge in [-0.05, 0) is 19.3 Å². The number of hydrogen-bond donors (Lipinski definition) is 0. The highest BCUT2D eigenvalue weighted by atomic mass is 16.5. The molecule has 0 aliphatic heterocycles. The van der Waals surface area contributed by atoms with Crippen molar-refractivity contribution in [2.45, 2.75) is 64.7 Å². The standard InChI is InChI=1S/C14H28O/c1-3-5-7-8-9-10-12-14-15-13-11-6-4-2/h4H,2-3,5-14H2,1H3. The Labute approximate surface area is 95.9 Å². The van der Waals surface area contributed by atoms with Crippen LogP contribution in [0.15, 0.2) is 12.7 Å². The molecule has 0 unspecified atom stereocenters. The summed E-state index contributed by atoms with van der Waals surface area (Å²) >= 11 is 0. The third-order valence-electron chi connectivity index (χ3n) is 2.59. The minimum Gasteiger partial charge on any atom is -0.381 e. The third-order valence-corrected chi connectivity index (χ3v) is 2.59. The van der Waals surface area contributed by atoms with Gasteiger partial charge in [0.05, 0.1) is 0 Å². The first-order valence-corrected chi connectivity index (χ1v) is 6.60. The van der Waals surface area contributed by atoms with Crippen LogP contribution >= 0.6 is 0 Å². The van der Waals surface area contributed by atoms with Crippen LogP contribution in [0.1, 0.15) is 64.7 Å². The summed E-state index contributed by atoms with van der Waals surface area (Å²) in [6.45, 7) is 7.80. The summed E-state index contributed by atoms with van der Waals surface area (Å²) in [5.74, 6) is 0. The molecule has 0 amide bonds. The molecule has 15 heavy (non-hydrogen) atoms. The van der Waals surface area contributed by atoms with Crippen molar-refractivity contribution in [2.75, 3.05) is 13.2 Å². The maximum atomic E-state index is 5.52. The Kier molecular flexibility index (Phi) is 13.4. The largest absolute Gasteiger partial charge is 0.381 e. The van der Waals surface area contributed by atoms with Crippen molar-refractivity contribution < 1.29 is 4.74 Å². The highest BCUT2D eigenvalue weighted by molar-refractivity contribution is 4.64. The lowest BCUT2D eigenvalue weighted by Crippen LogP contribution is -1.96. The van der Waals surface area contributed by atoms with Crippen molar-refractivity contribution in [3.05, 3.63) is 12.7 Å². The van der Waals surface area contributed by atoms with Crippen LogP contribution in [-0.2, 0) is 4.74 Å². The van der Waals surface area contributed by atoms with Crippen molar-refractivity contribution >= 4 is 0 Å². The van der Waals surface area contributed by atoms with Gasteiger partial charge in [0, 0.05) is 13.2 Å².